The van der Waals surface area contributed by atoms with Crippen molar-refractivity contribution in [2.75, 3.05) is 18.5 Å². The van der Waals surface area contributed by atoms with Gasteiger partial charge in [0.15, 0.2) is 0 Å². The van der Waals surface area contributed by atoms with E-state index in [0.29, 0.717) is 28.1 Å². The fourth-order valence-corrected chi connectivity index (χ4v) is 8.81. The normalized spacial score (nSPS) is 23.8. The number of aliphatic hydroxyl groups is 1. The van der Waals surface area contributed by atoms with Crippen LogP contribution in [-0.2, 0) is 31.1 Å². The fourth-order valence-electron chi connectivity index (χ4n) is 8.81. The van der Waals surface area contributed by atoms with Crippen molar-refractivity contribution in [2.24, 2.45) is 5.92 Å². The number of fused-ring (bicyclic) bond motifs is 4. The van der Waals surface area contributed by atoms with E-state index in [1.807, 2.05) is 89.8 Å². The molecule has 0 bridgehead atoms. The molecule has 0 radical (unpaired) electrons. The number of amides is 1. The van der Waals surface area contributed by atoms with Crippen LogP contribution < -0.4 is 10.1 Å². The molecule has 278 valence electrons. The highest BCUT2D eigenvalue weighted by Gasteiger charge is 2.74. The van der Waals surface area contributed by atoms with Gasteiger partial charge in [-0.05, 0) is 64.7 Å². The molecule has 1 spiro atoms. The first kappa shape index (κ1) is 34.9. The summed E-state index contributed by atoms with van der Waals surface area (Å²) in [6, 6.07) is 35.7. The van der Waals surface area contributed by atoms with Gasteiger partial charge in [-0.2, -0.15) is 0 Å². The lowest BCUT2D eigenvalue weighted by Gasteiger charge is -2.46. The number of aliphatic hydroxyl groups excluding tert-OH is 1. The van der Waals surface area contributed by atoms with Gasteiger partial charge in [-0.3, -0.25) is 19.3 Å². The molecule has 9 rings (SSSR count). The number of rotatable bonds is 8. The average Bonchev–Trinajstić information content (AvgIpc) is 3.88. The Morgan fingerprint density at radius 2 is 1.57 bits per heavy atom. The van der Waals surface area contributed by atoms with Crippen LogP contribution in [0, 0.1) is 17.8 Å². The number of carboxylic acid groups (broad SMARTS) is 1. The molecule has 2 saturated heterocycles. The van der Waals surface area contributed by atoms with E-state index in [0.717, 1.165) is 22.2 Å². The third-order valence-electron chi connectivity index (χ3n) is 11.0. The second-order valence-corrected chi connectivity index (χ2v) is 14.0. The van der Waals surface area contributed by atoms with Crippen molar-refractivity contribution in [2.45, 2.75) is 36.2 Å². The predicted octanol–water partition coefficient (Wildman–Crippen LogP) is 5.21. The number of anilines is 1. The summed E-state index contributed by atoms with van der Waals surface area (Å²) in [6.45, 7) is 0.143. The Labute approximate surface area is 321 Å². The Morgan fingerprint density at radius 3 is 2.30 bits per heavy atom. The average molecular weight is 746 g/mol. The zero-order valence-electron chi connectivity index (χ0n) is 29.9. The van der Waals surface area contributed by atoms with Crippen LogP contribution in [0.2, 0.25) is 0 Å². The number of aromatic nitrogens is 3. The van der Waals surface area contributed by atoms with Crippen LogP contribution in [0.4, 0.5) is 5.69 Å². The molecule has 3 aliphatic rings. The highest BCUT2D eigenvalue weighted by atomic mass is 16.6. The number of nitrogens with zero attached hydrogens (tertiary/aromatic N) is 4. The van der Waals surface area contributed by atoms with E-state index in [2.05, 4.69) is 27.5 Å². The molecule has 3 aliphatic heterocycles. The van der Waals surface area contributed by atoms with E-state index in [4.69, 9.17) is 9.47 Å². The zero-order chi connectivity index (χ0) is 38.4. The minimum absolute atomic E-state index is 0.0788. The molecule has 1 aromatic heterocycles. The number of benzene rings is 5. The van der Waals surface area contributed by atoms with Crippen molar-refractivity contribution in [3.05, 3.63) is 155 Å². The van der Waals surface area contributed by atoms with Gasteiger partial charge in [0, 0.05) is 11.3 Å². The molecule has 5 aromatic carbocycles. The summed E-state index contributed by atoms with van der Waals surface area (Å²) < 4.78 is 13.7. The lowest BCUT2D eigenvalue weighted by Crippen LogP contribution is -2.52. The Hall–Kier alpha value is -6.81. The Bertz CT molecular complexity index is 2530. The van der Waals surface area contributed by atoms with E-state index in [1.165, 1.54) is 0 Å². The van der Waals surface area contributed by atoms with Crippen molar-refractivity contribution >= 4 is 34.6 Å². The van der Waals surface area contributed by atoms with Crippen molar-refractivity contribution < 1.29 is 34.1 Å². The van der Waals surface area contributed by atoms with Crippen molar-refractivity contribution in [1.29, 1.82) is 0 Å². The minimum atomic E-state index is -1.82. The van der Waals surface area contributed by atoms with Gasteiger partial charge in [0.2, 0.25) is 5.91 Å². The van der Waals surface area contributed by atoms with Crippen LogP contribution in [0.15, 0.2) is 127 Å². The first-order chi connectivity index (χ1) is 27.4. The SMILES string of the molecule is O=C1O[C@@H](c2ccccc2)[C@@H](c2ccccc2)N2[C@@H](c3ccc(OCCO)cc3)[C@]3(C(=O)Nc4ccc(C#CCn5nnc6ccccc65)cc43)[C@@H](C(=O)O)[C@H]12. The molecule has 2 fully saturated rings. The number of ether oxygens (including phenoxy) is 2. The van der Waals surface area contributed by atoms with Crippen LogP contribution in [0.5, 0.6) is 5.75 Å². The summed E-state index contributed by atoms with van der Waals surface area (Å²) in [4.78, 5) is 45.2. The summed E-state index contributed by atoms with van der Waals surface area (Å²) in [6.07, 6.45) is -0.837. The van der Waals surface area contributed by atoms with Crippen LogP contribution in [0.3, 0.4) is 0 Å². The van der Waals surface area contributed by atoms with E-state index >= 15 is 0 Å². The van der Waals surface area contributed by atoms with Crippen molar-refractivity contribution in [1.82, 2.24) is 19.9 Å². The first-order valence-corrected chi connectivity index (χ1v) is 18.3. The standard InChI is InChI=1S/C44H35N5O7/c50-24-25-55-31-20-18-30(19-21-31)40-44(32-26-27(17-22-33(32)45-43(44)54)10-9-23-48-35-16-8-7-15-34(35)46-47-48)36(41(51)52)38-42(53)56-39(29-13-5-2-6-14-29)37(49(38)40)28-11-3-1-4-12-28/h1-8,11-22,26,36-40,50H,23-25H2,(H,45,54)(H,51,52)/t36-,37-,38-,39+,40+,44-/m1/s1. The third-order valence-corrected chi connectivity index (χ3v) is 11.0. The molecule has 56 heavy (non-hydrogen) atoms. The number of para-hydroxylation sites is 1. The molecular weight excluding hydrogens is 711 g/mol. The zero-order valence-corrected chi connectivity index (χ0v) is 29.9. The molecule has 0 unspecified atom stereocenters. The number of hydrogen-bond donors (Lipinski definition) is 3. The van der Waals surface area contributed by atoms with Crippen molar-refractivity contribution in [3.8, 4) is 17.6 Å². The van der Waals surface area contributed by atoms with Crippen LogP contribution >= 0.6 is 0 Å². The van der Waals surface area contributed by atoms with E-state index in [-0.39, 0.29) is 19.8 Å². The molecule has 3 N–H and O–H groups in total. The highest BCUT2D eigenvalue weighted by molar-refractivity contribution is 6.11. The second kappa shape index (κ2) is 14.1. The number of carbonyl (C=O) groups excluding carboxylic acids is 2. The molecule has 6 aromatic rings. The fraction of sp³-hybridized carbons (Fsp3) is 0.205. The van der Waals surface area contributed by atoms with E-state index in [9.17, 15) is 24.6 Å². The summed E-state index contributed by atoms with van der Waals surface area (Å²) in [5.74, 6) is 2.67. The molecule has 1 amide bonds. The number of hydrogen-bond acceptors (Lipinski definition) is 9. The topological polar surface area (TPSA) is 156 Å². The Balaban J connectivity index is 1.24. The molecule has 0 aliphatic carbocycles. The Morgan fingerprint density at radius 1 is 0.857 bits per heavy atom. The number of aliphatic carboxylic acids is 1. The van der Waals surface area contributed by atoms with Gasteiger partial charge in [0.1, 0.15) is 47.9 Å². The van der Waals surface area contributed by atoms with Gasteiger partial charge in [0.25, 0.3) is 0 Å². The summed E-state index contributed by atoms with van der Waals surface area (Å²) in [5.41, 5.74) is 3.26. The van der Waals surface area contributed by atoms with Crippen LogP contribution in [0.25, 0.3) is 11.0 Å². The first-order valence-electron chi connectivity index (χ1n) is 18.3. The van der Waals surface area contributed by atoms with Gasteiger partial charge in [-0.1, -0.05) is 102 Å². The van der Waals surface area contributed by atoms with E-state index < -0.39 is 53.4 Å². The highest BCUT2D eigenvalue weighted by Crippen LogP contribution is 2.64. The maximum atomic E-state index is 15.0. The summed E-state index contributed by atoms with van der Waals surface area (Å²) in [5, 5.41) is 32.1. The minimum Gasteiger partial charge on any atom is -0.491 e. The van der Waals surface area contributed by atoms with Gasteiger partial charge in [-0.25, -0.2) is 4.68 Å². The monoisotopic (exact) mass is 745 g/mol. The third kappa shape index (κ3) is 5.59. The molecular formula is C44H35N5O7. The number of nitrogens with one attached hydrogen (secondary N) is 1. The second-order valence-electron chi connectivity index (χ2n) is 14.0. The van der Waals surface area contributed by atoms with Gasteiger partial charge >= 0.3 is 11.9 Å². The van der Waals surface area contributed by atoms with Crippen LogP contribution in [-0.4, -0.2) is 67.2 Å². The predicted molar refractivity (Wildman–Crippen MR) is 204 cm³/mol. The van der Waals surface area contributed by atoms with Gasteiger partial charge in [-0.15, -0.1) is 5.10 Å². The maximum absolute atomic E-state index is 15.0. The molecule has 12 heteroatoms. The van der Waals surface area contributed by atoms with Gasteiger partial charge in [0.05, 0.1) is 24.2 Å². The lowest BCUT2D eigenvalue weighted by atomic mass is 9.65. The lowest BCUT2D eigenvalue weighted by molar-refractivity contribution is -0.179. The smallest absolute Gasteiger partial charge is 0.325 e. The largest absolute Gasteiger partial charge is 0.491 e. The number of carboxylic acids is 1. The summed E-state index contributed by atoms with van der Waals surface area (Å²) >= 11 is 0. The Kier molecular flexibility index (Phi) is 8.80. The summed E-state index contributed by atoms with van der Waals surface area (Å²) in [7, 11) is 0. The quantitative estimate of drug-likeness (QED) is 0.140. The number of cyclic esters (lactones) is 1. The number of morpholine rings is 1. The molecule has 6 atom stereocenters. The molecule has 12 nitrogen and oxygen atoms in total. The number of carbonyl (C=O) groups is 3. The van der Waals surface area contributed by atoms with Crippen molar-refractivity contribution in [3.63, 3.8) is 0 Å². The van der Waals surface area contributed by atoms with E-state index in [1.54, 1.807) is 47.1 Å². The molecule has 4 heterocycles. The number of esters is 1. The maximum Gasteiger partial charge on any atom is 0.325 e. The van der Waals surface area contributed by atoms with Crippen LogP contribution in [0.1, 0.15) is 46.0 Å². The van der Waals surface area contributed by atoms with Gasteiger partial charge < -0.3 is 25.0 Å². The molecule has 0 saturated carbocycles.